The third kappa shape index (κ3) is 7.73. The zero-order chi connectivity index (χ0) is 17.3. The summed E-state index contributed by atoms with van der Waals surface area (Å²) in [5.41, 5.74) is 0.654. The van der Waals surface area contributed by atoms with Crippen LogP contribution in [0.5, 0.6) is 11.5 Å². The normalized spacial score (nSPS) is 11.5. The third-order valence-corrected chi connectivity index (χ3v) is 3.12. The Morgan fingerprint density at radius 2 is 1.96 bits per heavy atom. The van der Waals surface area contributed by atoms with Crippen LogP contribution in [-0.2, 0) is 4.79 Å². The number of methoxy groups -OCH3 is 1. The van der Waals surface area contributed by atoms with Crippen LogP contribution in [0.1, 0.15) is 52.5 Å². The number of unbranched alkanes of at least 4 members (excludes halogenated alkanes) is 2. The number of ether oxygens (including phenoxy) is 2. The Balaban J connectivity index is 2.69. The maximum Gasteiger partial charge on any atom is 0.244 e. The molecule has 0 saturated carbocycles. The first-order chi connectivity index (χ1) is 10.9. The highest BCUT2D eigenvalue weighted by molar-refractivity contribution is 5.92. The predicted octanol–water partition coefficient (Wildman–Crippen LogP) is 4.19. The minimum atomic E-state index is -0.241. The van der Waals surface area contributed by atoms with Crippen LogP contribution in [0.15, 0.2) is 24.3 Å². The molecule has 4 heteroatoms. The first kappa shape index (κ1) is 19.1. The van der Waals surface area contributed by atoms with Gasteiger partial charge in [0, 0.05) is 11.6 Å². The third-order valence-electron chi connectivity index (χ3n) is 3.12. The van der Waals surface area contributed by atoms with Crippen LogP contribution in [0, 0.1) is 0 Å². The minimum Gasteiger partial charge on any atom is -0.493 e. The number of carbonyl (C=O) groups excluding carboxylic acids is 1. The van der Waals surface area contributed by atoms with Gasteiger partial charge in [0.25, 0.3) is 0 Å². The molecule has 1 rings (SSSR count). The largest absolute Gasteiger partial charge is 0.493 e. The van der Waals surface area contributed by atoms with Crippen molar-refractivity contribution >= 4 is 12.0 Å². The molecule has 1 N–H and O–H groups in total. The van der Waals surface area contributed by atoms with Gasteiger partial charge in [-0.1, -0.05) is 25.8 Å². The summed E-state index contributed by atoms with van der Waals surface area (Å²) in [6.07, 6.45) is 6.66. The Bertz CT molecular complexity index is 530. The number of hydrogen-bond donors (Lipinski definition) is 1. The molecule has 0 aliphatic heterocycles. The van der Waals surface area contributed by atoms with Gasteiger partial charge in [0.05, 0.1) is 13.7 Å². The maximum atomic E-state index is 11.8. The van der Waals surface area contributed by atoms with E-state index in [4.69, 9.17) is 9.47 Å². The molecule has 1 aromatic carbocycles. The van der Waals surface area contributed by atoms with Crippen LogP contribution in [0.3, 0.4) is 0 Å². The Morgan fingerprint density at radius 1 is 1.22 bits per heavy atom. The van der Waals surface area contributed by atoms with Gasteiger partial charge in [0.1, 0.15) is 0 Å². The number of carbonyl (C=O) groups is 1. The SMILES string of the molecule is CCCCCOc1ccc(/C=C/C(=O)NC(C)(C)C)cc1OC. The summed E-state index contributed by atoms with van der Waals surface area (Å²) in [5, 5.41) is 2.89. The quantitative estimate of drug-likeness (QED) is 0.577. The molecular weight excluding hydrogens is 290 g/mol. The summed E-state index contributed by atoms with van der Waals surface area (Å²) in [6.45, 7) is 8.70. The topological polar surface area (TPSA) is 47.6 Å². The molecule has 0 bridgehead atoms. The molecule has 4 nitrogen and oxygen atoms in total. The summed E-state index contributed by atoms with van der Waals surface area (Å²) in [5.74, 6) is 1.30. The van der Waals surface area contributed by atoms with Gasteiger partial charge >= 0.3 is 0 Å². The second-order valence-electron chi connectivity index (χ2n) is 6.54. The highest BCUT2D eigenvalue weighted by Gasteiger charge is 2.11. The lowest BCUT2D eigenvalue weighted by molar-refractivity contribution is -0.117. The molecule has 0 saturated heterocycles. The summed E-state index contributed by atoms with van der Waals surface area (Å²) >= 11 is 0. The molecule has 0 unspecified atom stereocenters. The molecule has 23 heavy (non-hydrogen) atoms. The van der Waals surface area contributed by atoms with E-state index in [0.717, 1.165) is 24.2 Å². The highest BCUT2D eigenvalue weighted by Crippen LogP contribution is 2.28. The molecule has 1 amide bonds. The van der Waals surface area contributed by atoms with E-state index in [1.807, 2.05) is 39.0 Å². The standard InChI is InChI=1S/C19H29NO3/c1-6-7-8-13-23-16-11-9-15(14-17(16)22-5)10-12-18(21)20-19(2,3)4/h9-12,14H,6-8,13H2,1-5H3,(H,20,21)/b12-10+. The van der Waals surface area contributed by atoms with E-state index < -0.39 is 0 Å². The van der Waals surface area contributed by atoms with Gasteiger partial charge < -0.3 is 14.8 Å². The minimum absolute atomic E-state index is 0.114. The highest BCUT2D eigenvalue weighted by atomic mass is 16.5. The summed E-state index contributed by atoms with van der Waals surface area (Å²) in [6, 6.07) is 5.67. The van der Waals surface area contributed by atoms with Crippen molar-refractivity contribution in [1.82, 2.24) is 5.32 Å². The molecule has 0 atom stereocenters. The summed E-state index contributed by atoms with van der Waals surface area (Å²) < 4.78 is 11.1. The lowest BCUT2D eigenvalue weighted by Crippen LogP contribution is -2.39. The van der Waals surface area contributed by atoms with E-state index in [-0.39, 0.29) is 11.4 Å². The maximum absolute atomic E-state index is 11.8. The average Bonchev–Trinajstić information content (AvgIpc) is 2.48. The number of benzene rings is 1. The zero-order valence-electron chi connectivity index (χ0n) is 14.9. The summed E-state index contributed by atoms with van der Waals surface area (Å²) in [4.78, 5) is 11.8. The molecule has 0 spiro atoms. The zero-order valence-corrected chi connectivity index (χ0v) is 14.9. The smallest absolute Gasteiger partial charge is 0.244 e. The number of hydrogen-bond acceptors (Lipinski definition) is 3. The lowest BCUT2D eigenvalue weighted by atomic mass is 10.1. The van der Waals surface area contributed by atoms with Crippen LogP contribution in [-0.4, -0.2) is 25.2 Å². The fourth-order valence-corrected chi connectivity index (χ4v) is 2.02. The molecule has 128 valence electrons. The second kappa shape index (κ2) is 9.23. The first-order valence-electron chi connectivity index (χ1n) is 8.17. The van der Waals surface area contributed by atoms with Crippen LogP contribution >= 0.6 is 0 Å². The van der Waals surface area contributed by atoms with E-state index >= 15 is 0 Å². The Kier molecular flexibility index (Phi) is 7.66. The molecule has 0 fully saturated rings. The van der Waals surface area contributed by atoms with Gasteiger partial charge in [-0.25, -0.2) is 0 Å². The Hall–Kier alpha value is -1.97. The lowest BCUT2D eigenvalue weighted by Gasteiger charge is -2.19. The van der Waals surface area contributed by atoms with Gasteiger partial charge in [-0.2, -0.15) is 0 Å². The van der Waals surface area contributed by atoms with Crippen molar-refractivity contribution in [3.05, 3.63) is 29.8 Å². The van der Waals surface area contributed by atoms with Gasteiger partial charge in [-0.3, -0.25) is 4.79 Å². The van der Waals surface area contributed by atoms with Crippen molar-refractivity contribution in [2.75, 3.05) is 13.7 Å². The molecule has 0 heterocycles. The van der Waals surface area contributed by atoms with Gasteiger partial charge in [0.15, 0.2) is 11.5 Å². The average molecular weight is 319 g/mol. The van der Waals surface area contributed by atoms with E-state index in [9.17, 15) is 4.79 Å². The molecule has 0 radical (unpaired) electrons. The van der Waals surface area contributed by atoms with Gasteiger partial charge in [-0.15, -0.1) is 0 Å². The first-order valence-corrected chi connectivity index (χ1v) is 8.17. The molecular formula is C19H29NO3. The molecule has 0 aromatic heterocycles. The van der Waals surface area contributed by atoms with Crippen LogP contribution in [0.4, 0.5) is 0 Å². The van der Waals surface area contributed by atoms with Crippen LogP contribution in [0.2, 0.25) is 0 Å². The van der Waals surface area contributed by atoms with Crippen molar-refractivity contribution in [2.24, 2.45) is 0 Å². The Morgan fingerprint density at radius 3 is 2.57 bits per heavy atom. The van der Waals surface area contributed by atoms with Crippen molar-refractivity contribution in [1.29, 1.82) is 0 Å². The fourth-order valence-electron chi connectivity index (χ4n) is 2.02. The van der Waals surface area contributed by atoms with Crippen LogP contribution in [0.25, 0.3) is 6.08 Å². The van der Waals surface area contributed by atoms with Gasteiger partial charge in [0.2, 0.25) is 5.91 Å². The van der Waals surface area contributed by atoms with Crippen molar-refractivity contribution in [2.45, 2.75) is 52.5 Å². The number of nitrogens with one attached hydrogen (secondary N) is 1. The monoisotopic (exact) mass is 319 g/mol. The van der Waals surface area contributed by atoms with E-state index in [0.29, 0.717) is 12.4 Å². The molecule has 0 aliphatic rings. The Labute approximate surface area is 139 Å². The summed E-state index contributed by atoms with van der Waals surface area (Å²) in [7, 11) is 1.62. The van der Waals surface area contributed by atoms with Crippen molar-refractivity contribution in [3.63, 3.8) is 0 Å². The van der Waals surface area contributed by atoms with Gasteiger partial charge in [-0.05, 0) is 51.0 Å². The second-order valence-corrected chi connectivity index (χ2v) is 6.54. The van der Waals surface area contributed by atoms with E-state index in [1.54, 1.807) is 13.2 Å². The van der Waals surface area contributed by atoms with E-state index in [1.165, 1.54) is 12.5 Å². The van der Waals surface area contributed by atoms with E-state index in [2.05, 4.69) is 12.2 Å². The number of amides is 1. The van der Waals surface area contributed by atoms with Crippen molar-refractivity contribution in [3.8, 4) is 11.5 Å². The molecule has 0 aliphatic carbocycles. The van der Waals surface area contributed by atoms with Crippen LogP contribution < -0.4 is 14.8 Å². The molecule has 1 aromatic rings. The number of rotatable bonds is 8. The van der Waals surface area contributed by atoms with Crippen molar-refractivity contribution < 1.29 is 14.3 Å². The fraction of sp³-hybridized carbons (Fsp3) is 0.526. The predicted molar refractivity (Wildman–Crippen MR) is 94.9 cm³/mol.